The van der Waals surface area contributed by atoms with Crippen LogP contribution in [0.4, 0.5) is 5.69 Å². The molecule has 1 aromatic carbocycles. The quantitative estimate of drug-likeness (QED) is 0.824. The van der Waals surface area contributed by atoms with E-state index in [1.807, 2.05) is 26.0 Å². The van der Waals surface area contributed by atoms with Crippen LogP contribution in [-0.2, 0) is 4.79 Å². The molecule has 0 aliphatic heterocycles. The minimum Gasteiger partial charge on any atom is -0.497 e. The van der Waals surface area contributed by atoms with Crippen molar-refractivity contribution in [3.63, 3.8) is 0 Å². The van der Waals surface area contributed by atoms with Gasteiger partial charge in [0.25, 0.3) is 0 Å². The number of nitrogens with one attached hydrogen (secondary N) is 2. The third-order valence-electron chi connectivity index (χ3n) is 3.40. The van der Waals surface area contributed by atoms with Gasteiger partial charge in [-0.2, -0.15) is 5.26 Å². The van der Waals surface area contributed by atoms with Crippen LogP contribution in [0.2, 0.25) is 0 Å². The number of rotatable bonds is 6. The van der Waals surface area contributed by atoms with Crippen LogP contribution < -0.4 is 15.4 Å². The van der Waals surface area contributed by atoms with Crippen molar-refractivity contribution in [2.24, 2.45) is 5.92 Å². The number of benzene rings is 1. The molecule has 114 valence electrons. The number of hydrogen-bond acceptors (Lipinski definition) is 4. The van der Waals surface area contributed by atoms with E-state index in [4.69, 9.17) is 4.74 Å². The van der Waals surface area contributed by atoms with Crippen LogP contribution in [0.5, 0.6) is 5.75 Å². The van der Waals surface area contributed by atoms with Crippen LogP contribution in [-0.4, -0.2) is 25.1 Å². The van der Waals surface area contributed by atoms with Crippen molar-refractivity contribution in [1.82, 2.24) is 5.32 Å². The number of nitriles is 1. The largest absolute Gasteiger partial charge is 0.497 e. The van der Waals surface area contributed by atoms with E-state index >= 15 is 0 Å². The van der Waals surface area contributed by atoms with Gasteiger partial charge in [-0.25, -0.2) is 0 Å². The summed E-state index contributed by atoms with van der Waals surface area (Å²) in [5.41, 5.74) is -0.114. The summed E-state index contributed by atoms with van der Waals surface area (Å²) in [7, 11) is 1.58. The Bertz CT molecular complexity index is 554. The molecule has 0 aliphatic rings. The molecule has 0 aliphatic carbocycles. The first-order valence-corrected chi connectivity index (χ1v) is 7.41. The molecule has 1 amide bonds. The van der Waals surface area contributed by atoms with Gasteiger partial charge in [0.1, 0.15) is 11.3 Å². The molecule has 5 nitrogen and oxygen atoms in total. The highest BCUT2D eigenvalue weighted by atomic mass is 79.9. The third-order valence-corrected chi connectivity index (χ3v) is 4.09. The van der Waals surface area contributed by atoms with E-state index in [0.717, 1.165) is 10.2 Å². The molecule has 21 heavy (non-hydrogen) atoms. The SMILES string of the molecule is COc1ccc(Br)c(NCC(=O)N[C@@](C)(C#N)C(C)C)c1. The monoisotopic (exact) mass is 353 g/mol. The van der Waals surface area contributed by atoms with Crippen molar-refractivity contribution >= 4 is 27.5 Å². The first-order chi connectivity index (χ1) is 9.82. The fourth-order valence-corrected chi connectivity index (χ4v) is 1.96. The van der Waals surface area contributed by atoms with Gasteiger partial charge in [-0.05, 0) is 40.9 Å². The summed E-state index contributed by atoms with van der Waals surface area (Å²) in [6.07, 6.45) is 0. The Morgan fingerprint density at radius 3 is 2.71 bits per heavy atom. The van der Waals surface area contributed by atoms with Gasteiger partial charge in [0.05, 0.1) is 25.4 Å². The second kappa shape index (κ2) is 7.32. The van der Waals surface area contributed by atoms with Gasteiger partial charge in [0, 0.05) is 10.5 Å². The number of hydrogen-bond donors (Lipinski definition) is 2. The molecule has 0 unspecified atom stereocenters. The molecule has 6 heteroatoms. The summed E-state index contributed by atoms with van der Waals surface area (Å²) >= 11 is 3.41. The maximum Gasteiger partial charge on any atom is 0.240 e. The maximum absolute atomic E-state index is 12.0. The number of carbonyl (C=O) groups excluding carboxylic acids is 1. The van der Waals surface area contributed by atoms with Crippen LogP contribution in [0.3, 0.4) is 0 Å². The lowest BCUT2D eigenvalue weighted by molar-refractivity contribution is -0.121. The molecule has 0 aromatic heterocycles. The van der Waals surface area contributed by atoms with Crippen molar-refractivity contribution in [3.8, 4) is 11.8 Å². The minimum atomic E-state index is -0.871. The summed E-state index contributed by atoms with van der Waals surface area (Å²) in [5.74, 6) is 0.489. The Kier molecular flexibility index (Phi) is 6.03. The van der Waals surface area contributed by atoms with Crippen molar-refractivity contribution in [2.45, 2.75) is 26.3 Å². The van der Waals surface area contributed by atoms with Gasteiger partial charge in [-0.1, -0.05) is 13.8 Å². The molecule has 0 heterocycles. The highest BCUT2D eigenvalue weighted by Gasteiger charge is 2.29. The molecule has 0 saturated carbocycles. The van der Waals surface area contributed by atoms with Crippen molar-refractivity contribution in [2.75, 3.05) is 19.0 Å². The van der Waals surface area contributed by atoms with Crippen LogP contribution in [0.1, 0.15) is 20.8 Å². The van der Waals surface area contributed by atoms with E-state index in [0.29, 0.717) is 5.75 Å². The van der Waals surface area contributed by atoms with E-state index in [2.05, 4.69) is 32.6 Å². The normalized spacial score (nSPS) is 13.2. The molecule has 2 N–H and O–H groups in total. The first-order valence-electron chi connectivity index (χ1n) is 6.62. The summed E-state index contributed by atoms with van der Waals surface area (Å²) in [6, 6.07) is 7.60. The van der Waals surface area contributed by atoms with E-state index in [1.165, 1.54) is 0 Å². The lowest BCUT2D eigenvalue weighted by Gasteiger charge is -2.27. The van der Waals surface area contributed by atoms with Crippen LogP contribution in [0.25, 0.3) is 0 Å². The smallest absolute Gasteiger partial charge is 0.240 e. The highest BCUT2D eigenvalue weighted by Crippen LogP contribution is 2.26. The second-order valence-electron chi connectivity index (χ2n) is 5.22. The number of anilines is 1. The highest BCUT2D eigenvalue weighted by molar-refractivity contribution is 9.10. The Hall–Kier alpha value is -1.74. The lowest BCUT2D eigenvalue weighted by atomic mass is 9.90. The summed E-state index contributed by atoms with van der Waals surface area (Å²) < 4.78 is 5.98. The predicted octanol–water partition coefficient (Wildman–Crippen LogP) is 2.92. The number of methoxy groups -OCH3 is 1. The van der Waals surface area contributed by atoms with E-state index in [9.17, 15) is 10.1 Å². The zero-order valence-electron chi connectivity index (χ0n) is 12.7. The fraction of sp³-hybridized carbons (Fsp3) is 0.467. The molecule has 0 bridgehead atoms. The summed E-state index contributed by atoms with van der Waals surface area (Å²) in [6.45, 7) is 5.60. The Morgan fingerprint density at radius 2 is 2.19 bits per heavy atom. The first kappa shape index (κ1) is 17.3. The minimum absolute atomic E-state index is 0.0232. The van der Waals surface area contributed by atoms with Crippen molar-refractivity contribution < 1.29 is 9.53 Å². The number of amides is 1. The zero-order chi connectivity index (χ0) is 16.0. The van der Waals surface area contributed by atoms with Crippen LogP contribution >= 0.6 is 15.9 Å². The molecule has 1 atom stereocenters. The van der Waals surface area contributed by atoms with Gasteiger partial charge in [0.15, 0.2) is 0 Å². The number of ether oxygens (including phenoxy) is 1. The summed E-state index contributed by atoms with van der Waals surface area (Å²) in [4.78, 5) is 12.0. The lowest BCUT2D eigenvalue weighted by Crippen LogP contribution is -2.50. The average Bonchev–Trinajstić information content (AvgIpc) is 2.46. The van der Waals surface area contributed by atoms with Crippen molar-refractivity contribution in [3.05, 3.63) is 22.7 Å². The number of nitrogens with zero attached hydrogens (tertiary/aromatic N) is 1. The Morgan fingerprint density at radius 1 is 1.52 bits per heavy atom. The number of carbonyl (C=O) groups is 1. The second-order valence-corrected chi connectivity index (χ2v) is 6.07. The van der Waals surface area contributed by atoms with Crippen LogP contribution in [0, 0.1) is 17.2 Å². The molecule has 1 rings (SSSR count). The predicted molar refractivity (Wildman–Crippen MR) is 86.2 cm³/mol. The molecule has 0 fully saturated rings. The van der Waals surface area contributed by atoms with Crippen molar-refractivity contribution in [1.29, 1.82) is 5.26 Å². The molecule has 0 radical (unpaired) electrons. The van der Waals surface area contributed by atoms with Gasteiger partial charge >= 0.3 is 0 Å². The molecular formula is C15H20BrN3O2. The number of halogens is 1. The summed E-state index contributed by atoms with van der Waals surface area (Å²) in [5, 5.41) is 15.0. The van der Waals surface area contributed by atoms with Gasteiger partial charge in [0.2, 0.25) is 5.91 Å². The maximum atomic E-state index is 12.0. The molecular weight excluding hydrogens is 334 g/mol. The van der Waals surface area contributed by atoms with Gasteiger partial charge in [-0.15, -0.1) is 0 Å². The fourth-order valence-electron chi connectivity index (χ4n) is 1.58. The van der Waals surface area contributed by atoms with Gasteiger partial charge < -0.3 is 15.4 Å². The van der Waals surface area contributed by atoms with E-state index in [-0.39, 0.29) is 18.4 Å². The Labute approximate surface area is 133 Å². The van der Waals surface area contributed by atoms with Gasteiger partial charge in [-0.3, -0.25) is 4.79 Å². The molecule has 0 saturated heterocycles. The average molecular weight is 354 g/mol. The molecule has 1 aromatic rings. The van der Waals surface area contributed by atoms with E-state index in [1.54, 1.807) is 20.1 Å². The molecule has 0 spiro atoms. The standard InChI is InChI=1S/C15H20BrN3O2/c1-10(2)15(3,9-17)19-14(20)8-18-13-7-11(21-4)5-6-12(13)16/h5-7,10,18H,8H2,1-4H3,(H,19,20)/t15-/m0/s1. The topological polar surface area (TPSA) is 74.2 Å². The third kappa shape index (κ3) is 4.64. The van der Waals surface area contributed by atoms with E-state index < -0.39 is 5.54 Å². The zero-order valence-corrected chi connectivity index (χ0v) is 14.2. The van der Waals surface area contributed by atoms with Crippen LogP contribution in [0.15, 0.2) is 22.7 Å². The Balaban J connectivity index is 2.68.